The van der Waals surface area contributed by atoms with Crippen molar-refractivity contribution in [1.82, 2.24) is 9.88 Å². The van der Waals surface area contributed by atoms with E-state index in [0.717, 1.165) is 54.8 Å². The lowest BCUT2D eigenvalue weighted by Crippen LogP contribution is -2.41. The average Bonchev–Trinajstić information content (AvgIpc) is 3.31. The molecule has 6 heteroatoms. The fourth-order valence-electron chi connectivity index (χ4n) is 6.42. The van der Waals surface area contributed by atoms with Crippen molar-refractivity contribution in [3.8, 4) is 11.1 Å². The molecule has 4 nitrogen and oxygen atoms in total. The summed E-state index contributed by atoms with van der Waals surface area (Å²) in [6.45, 7) is 4.62. The third kappa shape index (κ3) is 6.70. The number of Topliss-reactive ketones (excluding diaryl/α,β-unsaturated/α-hetero) is 1. The smallest absolute Gasteiger partial charge is 0.180 e. The Bertz CT molecular complexity index is 1220. The Balaban J connectivity index is 1.07. The summed E-state index contributed by atoms with van der Waals surface area (Å²) in [6, 6.07) is 14.8. The molecule has 1 fully saturated rings. The summed E-state index contributed by atoms with van der Waals surface area (Å²) in [5.74, 6) is 1.24. The van der Waals surface area contributed by atoms with E-state index in [1.165, 1.54) is 61.4 Å². The molecular formula is C32H40FN3OS. The predicted octanol–water partition coefficient (Wildman–Crippen LogP) is 7.57. The molecule has 1 heterocycles. The van der Waals surface area contributed by atoms with Crippen LogP contribution >= 0.6 is 11.3 Å². The molecule has 0 aliphatic heterocycles. The van der Waals surface area contributed by atoms with Crippen LogP contribution < -0.4 is 5.73 Å². The van der Waals surface area contributed by atoms with Crippen molar-refractivity contribution in [2.45, 2.75) is 77.2 Å². The molecule has 1 aromatic heterocycles. The van der Waals surface area contributed by atoms with E-state index in [2.05, 4.69) is 16.8 Å². The number of nitrogen functional groups attached to an aromatic ring is 1. The topological polar surface area (TPSA) is 59.2 Å². The Hall–Kier alpha value is -2.57. The molecule has 1 saturated carbocycles. The summed E-state index contributed by atoms with van der Waals surface area (Å²) < 4.78 is 13.5. The molecule has 0 unspecified atom stereocenters. The predicted molar refractivity (Wildman–Crippen MR) is 155 cm³/mol. The molecule has 38 heavy (non-hydrogen) atoms. The van der Waals surface area contributed by atoms with Gasteiger partial charge in [-0.3, -0.25) is 4.79 Å². The number of aryl methyl sites for hydroxylation is 1. The molecule has 2 aliphatic rings. The molecule has 2 N–H and O–H groups in total. The van der Waals surface area contributed by atoms with Gasteiger partial charge in [0.2, 0.25) is 0 Å². The van der Waals surface area contributed by atoms with Crippen LogP contribution in [0.25, 0.3) is 11.1 Å². The Labute approximate surface area is 230 Å². The molecule has 3 aromatic rings. The van der Waals surface area contributed by atoms with Gasteiger partial charge >= 0.3 is 0 Å². The zero-order chi connectivity index (χ0) is 26.5. The second kappa shape index (κ2) is 12.5. The van der Waals surface area contributed by atoms with Crippen LogP contribution in [0.1, 0.15) is 79.2 Å². The summed E-state index contributed by atoms with van der Waals surface area (Å²) in [6.07, 6.45) is 11.2. The summed E-state index contributed by atoms with van der Waals surface area (Å²) in [4.78, 5) is 21.6. The van der Waals surface area contributed by atoms with Gasteiger partial charge in [0.1, 0.15) is 5.82 Å². The normalized spacial score (nSPS) is 21.4. The van der Waals surface area contributed by atoms with E-state index in [9.17, 15) is 9.18 Å². The molecule has 0 radical (unpaired) electrons. The number of carbonyl (C=O) groups is 1. The molecule has 2 aromatic carbocycles. The van der Waals surface area contributed by atoms with Gasteiger partial charge in [-0.2, -0.15) is 0 Å². The molecule has 1 atom stereocenters. The van der Waals surface area contributed by atoms with E-state index in [-0.39, 0.29) is 11.6 Å². The van der Waals surface area contributed by atoms with E-state index in [1.807, 2.05) is 30.3 Å². The van der Waals surface area contributed by atoms with Gasteiger partial charge in [-0.1, -0.05) is 56.2 Å². The maximum atomic E-state index is 13.5. The number of rotatable bonds is 10. The van der Waals surface area contributed by atoms with Crippen LogP contribution in [0.15, 0.2) is 48.5 Å². The maximum absolute atomic E-state index is 13.5. The Kier molecular flexibility index (Phi) is 8.90. The highest BCUT2D eigenvalue weighted by Gasteiger charge is 2.28. The van der Waals surface area contributed by atoms with E-state index >= 15 is 0 Å². The molecule has 0 bridgehead atoms. The van der Waals surface area contributed by atoms with Crippen molar-refractivity contribution in [3.63, 3.8) is 0 Å². The summed E-state index contributed by atoms with van der Waals surface area (Å²) in [5.41, 5.74) is 9.73. The van der Waals surface area contributed by atoms with Crippen LogP contribution in [-0.4, -0.2) is 34.8 Å². The van der Waals surface area contributed by atoms with Crippen molar-refractivity contribution >= 4 is 22.3 Å². The quantitative estimate of drug-likeness (QED) is 0.273. The number of hydrogen-bond acceptors (Lipinski definition) is 5. The number of nitrogens with two attached hydrogens (primary N) is 1. The second-order valence-corrected chi connectivity index (χ2v) is 12.4. The summed E-state index contributed by atoms with van der Waals surface area (Å²) >= 11 is 1.68. The Morgan fingerprint density at radius 2 is 1.79 bits per heavy atom. The van der Waals surface area contributed by atoms with Crippen LogP contribution in [-0.2, 0) is 12.8 Å². The number of thiazole rings is 1. The minimum atomic E-state index is -0.245. The average molecular weight is 534 g/mol. The molecule has 0 spiro atoms. The number of halogens is 1. The molecule has 2 aliphatic carbocycles. The first-order valence-electron chi connectivity index (χ1n) is 14.4. The number of fused-ring (bicyclic) bond motifs is 1. The van der Waals surface area contributed by atoms with Crippen LogP contribution in [0.2, 0.25) is 0 Å². The number of nitrogens with zero attached hydrogens (tertiary/aromatic N) is 2. The first kappa shape index (κ1) is 27.0. The summed E-state index contributed by atoms with van der Waals surface area (Å²) in [7, 11) is 0. The van der Waals surface area contributed by atoms with Crippen LogP contribution in [0, 0.1) is 17.7 Å². The SMILES string of the molecule is CCCN(CCC1CCC(CC(=O)c2ccc(-c3cccc(F)c3)cc2)CC1)[C@H]1CCc2nc(N)sc2C1. The Morgan fingerprint density at radius 3 is 2.53 bits per heavy atom. The number of aromatic nitrogens is 1. The minimum Gasteiger partial charge on any atom is -0.375 e. The highest BCUT2D eigenvalue weighted by atomic mass is 32.1. The van der Waals surface area contributed by atoms with Gasteiger partial charge in [0, 0.05) is 22.9 Å². The second-order valence-electron chi connectivity index (χ2n) is 11.2. The molecule has 0 saturated heterocycles. The van der Waals surface area contributed by atoms with Crippen molar-refractivity contribution in [1.29, 1.82) is 0 Å². The number of benzene rings is 2. The monoisotopic (exact) mass is 533 g/mol. The first-order valence-corrected chi connectivity index (χ1v) is 15.2. The fourth-order valence-corrected chi connectivity index (χ4v) is 7.37. The number of hydrogen-bond donors (Lipinski definition) is 1. The van der Waals surface area contributed by atoms with E-state index in [1.54, 1.807) is 17.4 Å². The zero-order valence-corrected chi connectivity index (χ0v) is 23.3. The largest absolute Gasteiger partial charge is 0.375 e. The van der Waals surface area contributed by atoms with Gasteiger partial charge in [-0.15, -0.1) is 11.3 Å². The summed E-state index contributed by atoms with van der Waals surface area (Å²) in [5, 5.41) is 0.716. The maximum Gasteiger partial charge on any atom is 0.180 e. The zero-order valence-electron chi connectivity index (χ0n) is 22.5. The first-order chi connectivity index (χ1) is 18.5. The number of ketones is 1. The van der Waals surface area contributed by atoms with Gasteiger partial charge < -0.3 is 10.6 Å². The van der Waals surface area contributed by atoms with Crippen LogP contribution in [0.3, 0.4) is 0 Å². The highest BCUT2D eigenvalue weighted by molar-refractivity contribution is 7.15. The van der Waals surface area contributed by atoms with E-state index in [0.29, 0.717) is 23.5 Å². The van der Waals surface area contributed by atoms with Crippen molar-refractivity contribution in [2.24, 2.45) is 11.8 Å². The highest BCUT2D eigenvalue weighted by Crippen LogP contribution is 2.35. The van der Waals surface area contributed by atoms with Crippen molar-refractivity contribution < 1.29 is 9.18 Å². The molecular weight excluding hydrogens is 493 g/mol. The van der Waals surface area contributed by atoms with Crippen molar-refractivity contribution in [3.05, 3.63) is 70.5 Å². The standard InChI is InChI=1S/C32H40FN3OS/c1-2-17-36(28-14-15-29-31(21-28)38-32(34)35-29)18-16-22-6-8-23(9-7-22)19-30(37)25-12-10-24(11-13-25)26-4-3-5-27(33)20-26/h3-5,10-13,20,22-23,28H,2,6-9,14-19,21H2,1H3,(H2,34,35)/t22?,23?,28-/m0/s1. The fraction of sp³-hybridized carbons (Fsp3) is 0.500. The minimum absolute atomic E-state index is 0.230. The van der Waals surface area contributed by atoms with Crippen molar-refractivity contribution in [2.75, 3.05) is 18.8 Å². The van der Waals surface area contributed by atoms with Crippen LogP contribution in [0.4, 0.5) is 9.52 Å². The van der Waals surface area contributed by atoms with E-state index < -0.39 is 0 Å². The number of anilines is 1. The molecule has 0 amide bonds. The van der Waals surface area contributed by atoms with Gasteiger partial charge in [-0.05, 0) is 93.1 Å². The Morgan fingerprint density at radius 1 is 1.03 bits per heavy atom. The van der Waals surface area contributed by atoms with Gasteiger partial charge in [0.25, 0.3) is 0 Å². The lowest BCUT2D eigenvalue weighted by atomic mass is 9.78. The number of carbonyl (C=O) groups excluding carboxylic acids is 1. The van der Waals surface area contributed by atoms with Gasteiger partial charge in [0.05, 0.1) is 5.69 Å². The lowest BCUT2D eigenvalue weighted by Gasteiger charge is -2.36. The lowest BCUT2D eigenvalue weighted by molar-refractivity contribution is 0.0937. The van der Waals surface area contributed by atoms with Crippen LogP contribution in [0.5, 0.6) is 0 Å². The third-order valence-electron chi connectivity index (χ3n) is 8.59. The van der Waals surface area contributed by atoms with Gasteiger partial charge in [0.15, 0.2) is 10.9 Å². The van der Waals surface area contributed by atoms with E-state index in [4.69, 9.17) is 5.73 Å². The molecule has 5 rings (SSSR count). The van der Waals surface area contributed by atoms with Gasteiger partial charge in [-0.25, -0.2) is 9.37 Å². The molecule has 202 valence electrons. The third-order valence-corrected chi connectivity index (χ3v) is 9.54.